The third-order valence-corrected chi connectivity index (χ3v) is 6.36. The van der Waals surface area contributed by atoms with Crippen molar-refractivity contribution in [2.75, 3.05) is 19.6 Å². The fourth-order valence-corrected chi connectivity index (χ4v) is 4.56. The van der Waals surface area contributed by atoms with Crippen molar-refractivity contribution in [2.45, 2.75) is 45.7 Å². The van der Waals surface area contributed by atoms with Crippen molar-refractivity contribution in [3.63, 3.8) is 0 Å². The van der Waals surface area contributed by atoms with Gasteiger partial charge in [0.2, 0.25) is 11.8 Å². The highest BCUT2D eigenvalue weighted by Gasteiger charge is 2.42. The quantitative estimate of drug-likeness (QED) is 0.769. The van der Waals surface area contributed by atoms with Crippen molar-refractivity contribution in [3.05, 3.63) is 42.7 Å². The molecule has 4 rings (SSSR count). The average Bonchev–Trinajstić information content (AvgIpc) is 3.25. The number of hydrogen-bond acceptors (Lipinski definition) is 5. The maximum absolute atomic E-state index is 12.8. The van der Waals surface area contributed by atoms with E-state index in [0.29, 0.717) is 19.5 Å². The molecule has 2 aliphatic heterocycles. The van der Waals surface area contributed by atoms with Crippen LogP contribution in [0.25, 0.3) is 0 Å². The Morgan fingerprint density at radius 1 is 1.17 bits per heavy atom. The molecule has 2 aromatic heterocycles. The largest absolute Gasteiger partial charge is 0.342 e. The number of hydrogen-bond donors (Lipinski definition) is 0. The molecule has 1 spiro atoms. The minimum Gasteiger partial charge on any atom is -0.342 e. The number of carbonyl (C=O) groups excluding carboxylic acids is 2. The molecule has 29 heavy (non-hydrogen) atoms. The zero-order chi connectivity index (χ0) is 20.3. The molecular weight excluding hydrogens is 368 g/mol. The van der Waals surface area contributed by atoms with Crippen LogP contribution in [0.3, 0.4) is 0 Å². The highest BCUT2D eigenvalue weighted by Crippen LogP contribution is 2.40. The summed E-state index contributed by atoms with van der Waals surface area (Å²) in [7, 11) is 0. The number of likely N-dealkylation sites (tertiary alicyclic amines) is 2. The molecule has 154 valence electrons. The number of rotatable bonds is 5. The second-order valence-corrected chi connectivity index (χ2v) is 8.45. The predicted molar refractivity (Wildman–Crippen MR) is 106 cm³/mol. The first kappa shape index (κ1) is 19.5. The van der Waals surface area contributed by atoms with Crippen LogP contribution in [-0.4, -0.2) is 61.0 Å². The predicted octanol–water partition coefficient (Wildman–Crippen LogP) is 1.74. The van der Waals surface area contributed by atoms with Gasteiger partial charge in [-0.15, -0.1) is 0 Å². The summed E-state index contributed by atoms with van der Waals surface area (Å²) in [5.74, 6) is 0.283. The summed E-state index contributed by atoms with van der Waals surface area (Å²) in [6.45, 7) is 5.44. The number of carbonyl (C=O) groups is 2. The Bertz CT molecular complexity index is 830. The van der Waals surface area contributed by atoms with Gasteiger partial charge >= 0.3 is 0 Å². The zero-order valence-corrected chi connectivity index (χ0v) is 16.9. The smallest absolute Gasteiger partial charge is 0.227 e. The maximum atomic E-state index is 12.8. The van der Waals surface area contributed by atoms with Crippen LogP contribution in [0.2, 0.25) is 0 Å². The van der Waals surface area contributed by atoms with Crippen LogP contribution in [0, 0.1) is 11.3 Å². The van der Waals surface area contributed by atoms with E-state index in [4.69, 9.17) is 0 Å². The van der Waals surface area contributed by atoms with E-state index in [-0.39, 0.29) is 23.1 Å². The second-order valence-electron chi connectivity index (χ2n) is 8.45. The zero-order valence-electron chi connectivity index (χ0n) is 16.9. The summed E-state index contributed by atoms with van der Waals surface area (Å²) in [6.07, 6.45) is 10.1. The third-order valence-electron chi connectivity index (χ3n) is 6.36. The Labute approximate surface area is 170 Å². The molecule has 0 bridgehead atoms. The Morgan fingerprint density at radius 3 is 2.62 bits per heavy atom. The van der Waals surface area contributed by atoms with Crippen LogP contribution in [0.5, 0.6) is 0 Å². The van der Waals surface area contributed by atoms with Gasteiger partial charge in [-0.3, -0.25) is 19.3 Å². The molecule has 0 N–H and O–H groups in total. The lowest BCUT2D eigenvalue weighted by molar-refractivity contribution is -0.144. The van der Waals surface area contributed by atoms with Gasteiger partial charge in [0.15, 0.2) is 0 Å². The molecule has 2 aromatic rings. The number of amides is 2. The molecule has 0 radical (unpaired) electrons. The normalized spacial score (nSPS) is 20.1. The highest BCUT2D eigenvalue weighted by atomic mass is 16.2. The first-order chi connectivity index (χ1) is 14.0. The molecular formula is C21H28N6O2. The average molecular weight is 396 g/mol. The lowest BCUT2D eigenvalue weighted by atomic mass is 9.72. The van der Waals surface area contributed by atoms with Gasteiger partial charge in [0.25, 0.3) is 0 Å². The van der Waals surface area contributed by atoms with E-state index in [2.05, 4.69) is 15.1 Å². The first-order valence-electron chi connectivity index (χ1n) is 10.3. The van der Waals surface area contributed by atoms with Gasteiger partial charge < -0.3 is 9.80 Å². The third kappa shape index (κ3) is 4.46. The molecule has 0 aliphatic carbocycles. The molecule has 2 amide bonds. The molecule has 8 nitrogen and oxygen atoms in total. The summed E-state index contributed by atoms with van der Waals surface area (Å²) >= 11 is 0. The van der Waals surface area contributed by atoms with E-state index in [1.54, 1.807) is 23.4 Å². The van der Waals surface area contributed by atoms with E-state index >= 15 is 0 Å². The molecule has 2 aliphatic rings. The number of piperidine rings is 2. The van der Waals surface area contributed by atoms with Gasteiger partial charge in [-0.1, -0.05) is 6.92 Å². The SMILES string of the molecule is C[C@@H](Cn1cncn1)C(=O)N1CCC2(CCC(=O)N(Cc3ccncc3)C2)CC1. The van der Waals surface area contributed by atoms with Gasteiger partial charge in [-0.2, -0.15) is 5.10 Å². The summed E-state index contributed by atoms with van der Waals surface area (Å²) in [5, 5.41) is 4.10. The molecule has 4 heterocycles. The van der Waals surface area contributed by atoms with Crippen molar-refractivity contribution in [1.82, 2.24) is 29.5 Å². The Balaban J connectivity index is 1.34. The lowest BCUT2D eigenvalue weighted by Crippen LogP contribution is -2.52. The van der Waals surface area contributed by atoms with Crippen LogP contribution >= 0.6 is 0 Å². The Hall–Kier alpha value is -2.77. The molecule has 0 saturated carbocycles. The van der Waals surface area contributed by atoms with Gasteiger partial charge in [0.1, 0.15) is 12.7 Å². The van der Waals surface area contributed by atoms with E-state index in [0.717, 1.165) is 44.5 Å². The van der Waals surface area contributed by atoms with Gasteiger partial charge in [0, 0.05) is 45.0 Å². The number of nitrogens with zero attached hydrogens (tertiary/aromatic N) is 6. The molecule has 0 unspecified atom stereocenters. The second kappa shape index (κ2) is 8.31. The first-order valence-corrected chi connectivity index (χ1v) is 10.3. The van der Waals surface area contributed by atoms with Crippen LogP contribution in [0.4, 0.5) is 0 Å². The van der Waals surface area contributed by atoms with Crippen LogP contribution in [0.1, 0.15) is 38.2 Å². The lowest BCUT2D eigenvalue weighted by Gasteiger charge is -2.47. The summed E-state index contributed by atoms with van der Waals surface area (Å²) in [6, 6.07) is 3.93. The number of aromatic nitrogens is 4. The van der Waals surface area contributed by atoms with Crippen LogP contribution in [0.15, 0.2) is 37.2 Å². The topological polar surface area (TPSA) is 84.2 Å². The Kier molecular flexibility index (Phi) is 5.60. The minimum absolute atomic E-state index is 0.123. The monoisotopic (exact) mass is 396 g/mol. The van der Waals surface area contributed by atoms with E-state index in [1.165, 1.54) is 6.33 Å². The van der Waals surface area contributed by atoms with E-state index in [1.807, 2.05) is 28.9 Å². The molecule has 0 aromatic carbocycles. The van der Waals surface area contributed by atoms with Gasteiger partial charge in [0.05, 0.1) is 12.5 Å². The van der Waals surface area contributed by atoms with Crippen molar-refractivity contribution in [2.24, 2.45) is 11.3 Å². The van der Waals surface area contributed by atoms with E-state index < -0.39 is 0 Å². The fourth-order valence-electron chi connectivity index (χ4n) is 4.56. The van der Waals surface area contributed by atoms with Crippen molar-refractivity contribution >= 4 is 11.8 Å². The van der Waals surface area contributed by atoms with E-state index in [9.17, 15) is 9.59 Å². The summed E-state index contributed by atoms with van der Waals surface area (Å²) in [5.41, 5.74) is 1.24. The standard InChI is InChI=1S/C21H28N6O2/c1-17(12-27-16-23-15-24-27)20(29)25-10-6-21(7-11-25)5-2-19(28)26(14-21)13-18-3-8-22-9-4-18/h3-4,8-9,15-17H,2,5-7,10-14H2,1H3/t17-/m0/s1. The molecule has 1 atom stereocenters. The molecule has 8 heteroatoms. The molecule has 2 fully saturated rings. The summed E-state index contributed by atoms with van der Waals surface area (Å²) in [4.78, 5) is 37.3. The maximum Gasteiger partial charge on any atom is 0.227 e. The fraction of sp³-hybridized carbons (Fsp3) is 0.571. The number of pyridine rings is 1. The van der Waals surface area contributed by atoms with Gasteiger partial charge in [-0.05, 0) is 42.4 Å². The van der Waals surface area contributed by atoms with Crippen molar-refractivity contribution < 1.29 is 9.59 Å². The van der Waals surface area contributed by atoms with Crippen LogP contribution in [-0.2, 0) is 22.7 Å². The highest BCUT2D eigenvalue weighted by molar-refractivity contribution is 5.79. The molecule has 2 saturated heterocycles. The Morgan fingerprint density at radius 2 is 1.93 bits per heavy atom. The van der Waals surface area contributed by atoms with Crippen molar-refractivity contribution in [3.8, 4) is 0 Å². The van der Waals surface area contributed by atoms with Crippen molar-refractivity contribution in [1.29, 1.82) is 0 Å². The summed E-state index contributed by atoms with van der Waals surface area (Å²) < 4.78 is 1.71. The van der Waals surface area contributed by atoms with Crippen LogP contribution < -0.4 is 0 Å². The minimum atomic E-state index is -0.123. The van der Waals surface area contributed by atoms with Gasteiger partial charge in [-0.25, -0.2) is 4.98 Å².